The monoisotopic (exact) mass is 455 g/mol. The normalized spacial score (nSPS) is 16.8. The third-order valence-electron chi connectivity index (χ3n) is 4.65. The molecule has 1 aliphatic heterocycles. The highest BCUT2D eigenvalue weighted by Gasteiger charge is 2.29. The van der Waals surface area contributed by atoms with E-state index in [9.17, 15) is 18.3 Å². The molecule has 1 atom stereocenters. The molecule has 1 aliphatic rings. The zero-order valence-electron chi connectivity index (χ0n) is 18.2. The van der Waals surface area contributed by atoms with Gasteiger partial charge in [0.2, 0.25) is 0 Å². The van der Waals surface area contributed by atoms with Crippen LogP contribution in [0.1, 0.15) is 34.5 Å². The second kappa shape index (κ2) is 8.83. The zero-order chi connectivity index (χ0) is 23.6. The maximum absolute atomic E-state index is 12.4. The van der Waals surface area contributed by atoms with Crippen molar-refractivity contribution < 1.29 is 18.3 Å². The Morgan fingerprint density at radius 3 is 2.50 bits per heavy atom. The molecule has 0 fully saturated rings. The van der Waals surface area contributed by atoms with Gasteiger partial charge < -0.3 is 15.3 Å². The Hall–Kier alpha value is -3.66. The minimum absolute atomic E-state index is 0.0248. The molecule has 0 bridgehead atoms. The SMILES string of the molecule is C=C(C)[C@@H](N=C1NS(=O)(=O)N=C1Nc1cc(C)cc(C(=O)N(C)C)c1O)c1ccccc1. The summed E-state index contributed by atoms with van der Waals surface area (Å²) in [6.07, 6.45) is 0. The highest BCUT2D eigenvalue weighted by Crippen LogP contribution is 2.31. The number of aryl methyl sites for hydroxylation is 1. The number of aliphatic imine (C=N–C) groups is 1. The number of nitrogens with zero attached hydrogens (tertiary/aromatic N) is 3. The van der Waals surface area contributed by atoms with Gasteiger partial charge in [-0.05, 0) is 37.1 Å². The number of benzene rings is 2. The van der Waals surface area contributed by atoms with Crippen molar-refractivity contribution in [1.29, 1.82) is 0 Å². The van der Waals surface area contributed by atoms with Crippen LogP contribution < -0.4 is 10.0 Å². The molecule has 3 rings (SSSR count). The van der Waals surface area contributed by atoms with E-state index < -0.39 is 22.2 Å². The second-order valence-corrected chi connectivity index (χ2v) is 9.02. The molecule has 9 nitrogen and oxygen atoms in total. The van der Waals surface area contributed by atoms with Crippen LogP contribution in [0.3, 0.4) is 0 Å². The first-order chi connectivity index (χ1) is 15.0. The molecule has 0 aromatic heterocycles. The zero-order valence-corrected chi connectivity index (χ0v) is 19.1. The van der Waals surface area contributed by atoms with Crippen LogP contribution in [0.4, 0.5) is 5.69 Å². The van der Waals surface area contributed by atoms with E-state index in [-0.39, 0.29) is 28.7 Å². The minimum Gasteiger partial charge on any atom is -0.505 e. The topological polar surface area (TPSA) is 123 Å². The van der Waals surface area contributed by atoms with E-state index >= 15 is 0 Å². The summed E-state index contributed by atoms with van der Waals surface area (Å²) in [5, 5.41) is 13.5. The maximum atomic E-state index is 12.4. The predicted molar refractivity (Wildman–Crippen MR) is 125 cm³/mol. The fourth-order valence-corrected chi connectivity index (χ4v) is 3.98. The third-order valence-corrected chi connectivity index (χ3v) is 5.52. The molecule has 0 unspecified atom stereocenters. The number of nitrogens with one attached hydrogen (secondary N) is 2. The van der Waals surface area contributed by atoms with Gasteiger partial charge in [0.15, 0.2) is 17.4 Å². The summed E-state index contributed by atoms with van der Waals surface area (Å²) < 4.78 is 30.3. The van der Waals surface area contributed by atoms with E-state index in [2.05, 4.69) is 26.0 Å². The Morgan fingerprint density at radius 2 is 1.91 bits per heavy atom. The number of aromatic hydroxyl groups is 1. The molecule has 0 aliphatic carbocycles. The molecule has 1 amide bonds. The number of hydrogen-bond acceptors (Lipinski definition) is 6. The number of rotatable bonds is 5. The summed E-state index contributed by atoms with van der Waals surface area (Å²) in [6.45, 7) is 7.51. The van der Waals surface area contributed by atoms with Gasteiger partial charge >= 0.3 is 10.2 Å². The lowest BCUT2D eigenvalue weighted by Crippen LogP contribution is -2.31. The maximum Gasteiger partial charge on any atom is 0.345 e. The first kappa shape index (κ1) is 23.0. The number of hydrogen-bond donors (Lipinski definition) is 3. The van der Waals surface area contributed by atoms with Crippen molar-refractivity contribution in [2.24, 2.45) is 9.39 Å². The molecule has 1 heterocycles. The number of amidine groups is 2. The summed E-state index contributed by atoms with van der Waals surface area (Å²) in [5.41, 5.74) is 2.43. The molecule has 0 spiro atoms. The lowest BCUT2D eigenvalue weighted by Gasteiger charge is -2.17. The lowest BCUT2D eigenvalue weighted by molar-refractivity contribution is 0.0824. The number of carbonyl (C=O) groups is 1. The Morgan fingerprint density at radius 1 is 1.25 bits per heavy atom. The van der Waals surface area contributed by atoms with Gasteiger partial charge in [0.25, 0.3) is 5.91 Å². The van der Waals surface area contributed by atoms with Gasteiger partial charge in [-0.1, -0.05) is 42.5 Å². The van der Waals surface area contributed by atoms with Crippen molar-refractivity contribution in [3.8, 4) is 5.75 Å². The van der Waals surface area contributed by atoms with Gasteiger partial charge in [-0.3, -0.25) is 9.79 Å². The minimum atomic E-state index is -4.02. The second-order valence-electron chi connectivity index (χ2n) is 7.69. The van der Waals surface area contributed by atoms with E-state index in [0.717, 1.165) is 5.56 Å². The highest BCUT2D eigenvalue weighted by molar-refractivity contribution is 7.89. The van der Waals surface area contributed by atoms with Gasteiger partial charge in [0, 0.05) is 14.1 Å². The van der Waals surface area contributed by atoms with E-state index in [4.69, 9.17) is 0 Å². The van der Waals surface area contributed by atoms with E-state index in [1.54, 1.807) is 40.1 Å². The van der Waals surface area contributed by atoms with Crippen molar-refractivity contribution in [3.05, 3.63) is 71.3 Å². The molecule has 10 heteroatoms. The molecule has 32 heavy (non-hydrogen) atoms. The van der Waals surface area contributed by atoms with Gasteiger partial charge in [0.1, 0.15) is 0 Å². The van der Waals surface area contributed by atoms with E-state index in [1.807, 2.05) is 30.3 Å². The molecule has 2 aromatic carbocycles. The molecule has 168 valence electrons. The van der Waals surface area contributed by atoms with Crippen LogP contribution in [-0.2, 0) is 10.2 Å². The Labute approximate surface area is 187 Å². The summed E-state index contributed by atoms with van der Waals surface area (Å²) in [4.78, 5) is 18.3. The summed E-state index contributed by atoms with van der Waals surface area (Å²) in [7, 11) is -0.882. The number of phenolic OH excluding ortho intramolecular Hbond substituents is 1. The number of carbonyl (C=O) groups excluding carboxylic acids is 1. The smallest absolute Gasteiger partial charge is 0.345 e. The summed E-state index contributed by atoms with van der Waals surface area (Å²) >= 11 is 0. The summed E-state index contributed by atoms with van der Waals surface area (Å²) in [5.74, 6) is -0.839. The van der Waals surface area contributed by atoms with Crippen LogP contribution in [0, 0.1) is 6.92 Å². The summed E-state index contributed by atoms with van der Waals surface area (Å²) in [6, 6.07) is 11.9. The fourth-order valence-electron chi connectivity index (χ4n) is 3.17. The Balaban J connectivity index is 2.04. The molecule has 3 N–H and O–H groups in total. The van der Waals surface area contributed by atoms with Crippen molar-refractivity contribution in [3.63, 3.8) is 0 Å². The van der Waals surface area contributed by atoms with Gasteiger partial charge in [-0.2, -0.15) is 8.42 Å². The molecule has 0 radical (unpaired) electrons. The molecule has 0 saturated carbocycles. The van der Waals surface area contributed by atoms with Crippen LogP contribution in [0.25, 0.3) is 0 Å². The van der Waals surface area contributed by atoms with Gasteiger partial charge in [0.05, 0.1) is 17.3 Å². The number of amides is 1. The van der Waals surface area contributed by atoms with Crippen molar-refractivity contribution in [2.45, 2.75) is 19.9 Å². The molecule has 2 aromatic rings. The van der Waals surface area contributed by atoms with Gasteiger partial charge in [-0.25, -0.2) is 4.72 Å². The van der Waals surface area contributed by atoms with Crippen LogP contribution >= 0.6 is 0 Å². The average Bonchev–Trinajstić information content (AvgIpc) is 3.01. The lowest BCUT2D eigenvalue weighted by atomic mass is 10.0. The number of anilines is 1. The average molecular weight is 456 g/mol. The van der Waals surface area contributed by atoms with Crippen molar-refractivity contribution >= 4 is 33.5 Å². The van der Waals surface area contributed by atoms with Crippen LogP contribution in [0.5, 0.6) is 5.75 Å². The van der Waals surface area contributed by atoms with Crippen LogP contribution in [0.2, 0.25) is 0 Å². The highest BCUT2D eigenvalue weighted by atomic mass is 32.2. The standard InChI is InChI=1S/C22H25N5O4S/c1-13(2)18(15-9-7-6-8-10-15)24-21-20(25-32(30,31)26-21)23-17-12-14(3)11-16(19(17)28)22(29)27(4)5/h6-12,18,28H,1H2,2-5H3,(H,23,25)(H,24,26)/t18-/m1/s1. The largest absolute Gasteiger partial charge is 0.505 e. The van der Waals surface area contributed by atoms with E-state index in [1.165, 1.54) is 4.90 Å². The molecule has 0 saturated heterocycles. The van der Waals surface area contributed by atoms with Crippen molar-refractivity contribution in [2.75, 3.05) is 19.4 Å². The first-order valence-corrected chi connectivity index (χ1v) is 11.2. The van der Waals surface area contributed by atoms with Gasteiger partial charge in [-0.15, -0.1) is 4.40 Å². The Bertz CT molecular complexity index is 1230. The van der Waals surface area contributed by atoms with Crippen LogP contribution in [-0.4, -0.2) is 50.1 Å². The molecular weight excluding hydrogens is 430 g/mol. The first-order valence-electron chi connectivity index (χ1n) is 9.72. The molecular formula is C22H25N5O4S. The Kier molecular flexibility index (Phi) is 6.35. The quantitative estimate of drug-likeness (QED) is 0.472. The third kappa shape index (κ3) is 4.97. The van der Waals surface area contributed by atoms with Crippen molar-refractivity contribution in [1.82, 2.24) is 9.62 Å². The predicted octanol–water partition coefficient (Wildman–Crippen LogP) is 2.78. The number of phenols is 1. The van der Waals surface area contributed by atoms with Crippen LogP contribution in [0.15, 0.2) is 64.0 Å². The fraction of sp³-hybridized carbons (Fsp3) is 0.227. The van der Waals surface area contributed by atoms with E-state index in [0.29, 0.717) is 11.1 Å².